The number of amides is 1. The Morgan fingerprint density at radius 2 is 1.92 bits per heavy atom. The second kappa shape index (κ2) is 7.04. The zero-order valence-electron chi connectivity index (χ0n) is 14.4. The van der Waals surface area contributed by atoms with Gasteiger partial charge in [-0.2, -0.15) is 4.98 Å². The molecule has 0 unspecified atom stereocenters. The van der Waals surface area contributed by atoms with Gasteiger partial charge in [0.25, 0.3) is 11.8 Å². The number of aromatic nitrogens is 2. The van der Waals surface area contributed by atoms with E-state index in [1.807, 2.05) is 0 Å². The lowest BCUT2D eigenvalue weighted by atomic mass is 9.81. The van der Waals surface area contributed by atoms with Gasteiger partial charge in [0.05, 0.1) is 12.7 Å². The number of benzene rings is 1. The third-order valence-electron chi connectivity index (χ3n) is 4.54. The normalized spacial score (nSPS) is 16.2. The van der Waals surface area contributed by atoms with Gasteiger partial charge < -0.3 is 14.6 Å². The number of hydrogen-bond donors (Lipinski definition) is 1. The summed E-state index contributed by atoms with van der Waals surface area (Å²) in [5.41, 5.74) is 0.0725. The van der Waals surface area contributed by atoms with Crippen molar-refractivity contribution in [3.63, 3.8) is 0 Å². The summed E-state index contributed by atoms with van der Waals surface area (Å²) < 4.78 is 10.1. The van der Waals surface area contributed by atoms with Gasteiger partial charge in [0.1, 0.15) is 5.54 Å². The van der Waals surface area contributed by atoms with E-state index >= 15 is 0 Å². The highest BCUT2D eigenvalue weighted by atomic mass is 16.5. The molecule has 1 saturated carbocycles. The van der Waals surface area contributed by atoms with Gasteiger partial charge in [-0.15, -0.1) is 0 Å². The van der Waals surface area contributed by atoms with Crippen LogP contribution in [0.15, 0.2) is 28.8 Å². The van der Waals surface area contributed by atoms with Crippen LogP contribution in [0.3, 0.4) is 0 Å². The monoisotopic (exact) mass is 343 g/mol. The number of hydrogen-bond acceptors (Lipinski definition) is 6. The summed E-state index contributed by atoms with van der Waals surface area (Å²) in [6.45, 7) is 1.76. The Labute approximate surface area is 145 Å². The van der Waals surface area contributed by atoms with Crippen molar-refractivity contribution in [3.8, 4) is 0 Å². The molecule has 1 N–H and O–H groups in total. The molecule has 0 radical (unpaired) electrons. The van der Waals surface area contributed by atoms with E-state index in [-0.39, 0.29) is 5.91 Å². The Morgan fingerprint density at radius 1 is 1.20 bits per heavy atom. The Hall–Kier alpha value is -2.70. The third-order valence-corrected chi connectivity index (χ3v) is 4.54. The van der Waals surface area contributed by atoms with Gasteiger partial charge in [-0.1, -0.05) is 30.5 Å². The highest BCUT2D eigenvalue weighted by Gasteiger charge is 2.40. The highest BCUT2D eigenvalue weighted by Crippen LogP contribution is 2.36. The summed E-state index contributed by atoms with van der Waals surface area (Å²) in [4.78, 5) is 28.8. The number of esters is 1. The Morgan fingerprint density at radius 3 is 2.56 bits per heavy atom. The van der Waals surface area contributed by atoms with Crippen LogP contribution >= 0.6 is 0 Å². The molecule has 0 bridgehead atoms. The smallest absolute Gasteiger partial charge is 0.337 e. The van der Waals surface area contributed by atoms with Crippen molar-refractivity contribution in [1.82, 2.24) is 15.5 Å². The van der Waals surface area contributed by atoms with Crippen molar-refractivity contribution >= 4 is 11.9 Å². The number of ether oxygens (including phenoxy) is 1. The largest absolute Gasteiger partial charge is 0.465 e. The van der Waals surface area contributed by atoms with Crippen LogP contribution in [0.25, 0.3) is 0 Å². The van der Waals surface area contributed by atoms with E-state index in [0.29, 0.717) is 22.8 Å². The Kier molecular flexibility index (Phi) is 4.83. The fourth-order valence-electron chi connectivity index (χ4n) is 3.23. The second-order valence-corrected chi connectivity index (χ2v) is 6.32. The van der Waals surface area contributed by atoms with Gasteiger partial charge in [-0.05, 0) is 38.0 Å². The minimum atomic E-state index is -0.655. The van der Waals surface area contributed by atoms with Crippen molar-refractivity contribution in [1.29, 1.82) is 0 Å². The summed E-state index contributed by atoms with van der Waals surface area (Å²) in [6.07, 6.45) is 4.56. The number of aryl methyl sites for hydroxylation is 1. The molecule has 2 aromatic rings. The third kappa shape index (κ3) is 3.55. The van der Waals surface area contributed by atoms with Crippen molar-refractivity contribution in [3.05, 3.63) is 47.1 Å². The predicted molar refractivity (Wildman–Crippen MR) is 89.0 cm³/mol. The lowest BCUT2D eigenvalue weighted by molar-refractivity contribution is 0.0600. The number of methoxy groups -OCH3 is 1. The van der Waals surface area contributed by atoms with Gasteiger partial charge in [-0.3, -0.25) is 4.79 Å². The summed E-state index contributed by atoms with van der Waals surface area (Å²) in [5.74, 6) is 0.238. The number of nitrogens with zero attached hydrogens (tertiary/aromatic N) is 2. The van der Waals surface area contributed by atoms with Crippen LogP contribution in [0.4, 0.5) is 0 Å². The van der Waals surface area contributed by atoms with E-state index in [2.05, 4.69) is 15.5 Å². The average molecular weight is 343 g/mol. The molecular weight excluding hydrogens is 322 g/mol. The molecule has 7 nitrogen and oxygen atoms in total. The molecule has 0 spiro atoms. The first kappa shape index (κ1) is 17.1. The molecule has 1 fully saturated rings. The molecule has 1 aliphatic rings. The molecule has 1 amide bonds. The van der Waals surface area contributed by atoms with E-state index < -0.39 is 11.5 Å². The van der Waals surface area contributed by atoms with Crippen LogP contribution in [-0.2, 0) is 10.3 Å². The molecule has 0 atom stereocenters. The average Bonchev–Trinajstić information content (AvgIpc) is 3.09. The van der Waals surface area contributed by atoms with Crippen LogP contribution in [0.5, 0.6) is 0 Å². The lowest BCUT2D eigenvalue weighted by Crippen LogP contribution is -2.47. The minimum absolute atomic E-state index is 0.275. The van der Waals surface area contributed by atoms with Gasteiger partial charge in [0.2, 0.25) is 0 Å². The van der Waals surface area contributed by atoms with Crippen molar-refractivity contribution in [2.24, 2.45) is 0 Å². The summed E-state index contributed by atoms with van der Waals surface area (Å²) >= 11 is 0. The molecule has 25 heavy (non-hydrogen) atoms. The lowest BCUT2D eigenvalue weighted by Gasteiger charge is -2.34. The first-order valence-electron chi connectivity index (χ1n) is 8.36. The van der Waals surface area contributed by atoms with Gasteiger partial charge in [0.15, 0.2) is 5.82 Å². The topological polar surface area (TPSA) is 94.3 Å². The maximum Gasteiger partial charge on any atom is 0.337 e. The molecule has 132 valence electrons. The quantitative estimate of drug-likeness (QED) is 0.858. The Bertz CT molecular complexity index is 778. The maximum atomic E-state index is 12.8. The molecule has 1 aliphatic carbocycles. The van der Waals surface area contributed by atoms with Crippen LogP contribution in [0.1, 0.15) is 64.5 Å². The molecular formula is C18H21N3O4. The number of carbonyl (C=O) groups excluding carboxylic acids is 2. The van der Waals surface area contributed by atoms with Gasteiger partial charge >= 0.3 is 5.97 Å². The zero-order valence-corrected chi connectivity index (χ0v) is 14.4. The summed E-state index contributed by atoms with van der Waals surface area (Å²) in [7, 11) is 1.31. The number of nitrogens with one attached hydrogen (secondary N) is 1. The molecule has 3 rings (SSSR count). The number of rotatable bonds is 4. The molecule has 0 saturated heterocycles. The van der Waals surface area contributed by atoms with E-state index in [0.717, 1.165) is 32.1 Å². The number of carbonyl (C=O) groups is 2. The van der Waals surface area contributed by atoms with E-state index in [4.69, 9.17) is 9.26 Å². The minimum Gasteiger partial charge on any atom is -0.465 e. The first-order valence-corrected chi connectivity index (χ1v) is 8.36. The van der Waals surface area contributed by atoms with Crippen molar-refractivity contribution < 1.29 is 18.8 Å². The van der Waals surface area contributed by atoms with E-state index in [9.17, 15) is 9.59 Å². The molecule has 7 heteroatoms. The second-order valence-electron chi connectivity index (χ2n) is 6.32. The van der Waals surface area contributed by atoms with Crippen LogP contribution in [0, 0.1) is 6.92 Å². The fraction of sp³-hybridized carbons (Fsp3) is 0.444. The maximum absolute atomic E-state index is 12.8. The van der Waals surface area contributed by atoms with Crippen LogP contribution < -0.4 is 5.32 Å². The highest BCUT2D eigenvalue weighted by molar-refractivity contribution is 5.98. The fourth-order valence-corrected chi connectivity index (χ4v) is 3.23. The van der Waals surface area contributed by atoms with Crippen LogP contribution in [-0.4, -0.2) is 29.1 Å². The van der Waals surface area contributed by atoms with Crippen molar-refractivity contribution in [2.75, 3.05) is 7.11 Å². The van der Waals surface area contributed by atoms with Crippen molar-refractivity contribution in [2.45, 2.75) is 44.6 Å². The molecule has 1 heterocycles. The van der Waals surface area contributed by atoms with Crippen LogP contribution in [0.2, 0.25) is 0 Å². The molecule has 0 aliphatic heterocycles. The van der Waals surface area contributed by atoms with Gasteiger partial charge in [0, 0.05) is 5.56 Å². The zero-order chi connectivity index (χ0) is 17.9. The van der Waals surface area contributed by atoms with E-state index in [1.54, 1.807) is 25.1 Å². The standard InChI is InChI=1S/C18H21N3O4/c1-12-19-17(25-21-12)18(9-4-3-5-10-18)20-15(22)13-7-6-8-14(11-13)16(23)24-2/h6-8,11H,3-5,9-10H2,1-2H3,(H,20,22). The molecule has 1 aromatic carbocycles. The first-order chi connectivity index (χ1) is 12.0. The SMILES string of the molecule is COC(=O)c1cccc(C(=O)NC2(c3nc(C)no3)CCCCC2)c1. The summed E-state index contributed by atoms with van der Waals surface area (Å²) in [6, 6.07) is 6.46. The predicted octanol–water partition coefficient (Wildman–Crippen LogP) is 2.75. The van der Waals surface area contributed by atoms with Gasteiger partial charge in [-0.25, -0.2) is 4.79 Å². The molecule has 1 aromatic heterocycles. The summed E-state index contributed by atoms with van der Waals surface area (Å²) in [5, 5.41) is 6.94. The van der Waals surface area contributed by atoms with E-state index in [1.165, 1.54) is 13.2 Å². The Balaban J connectivity index is 1.87.